The topological polar surface area (TPSA) is 87.3 Å². The van der Waals surface area contributed by atoms with Gasteiger partial charge >= 0.3 is 0 Å². The lowest BCUT2D eigenvalue weighted by Gasteiger charge is -2.34. The van der Waals surface area contributed by atoms with E-state index in [1.807, 2.05) is 19.1 Å². The van der Waals surface area contributed by atoms with Crippen molar-refractivity contribution in [2.24, 2.45) is 0 Å². The van der Waals surface area contributed by atoms with Crippen molar-refractivity contribution in [3.63, 3.8) is 0 Å². The molecule has 1 unspecified atom stereocenters. The number of aliphatic hydroxyl groups excluding tert-OH is 1. The van der Waals surface area contributed by atoms with Crippen LogP contribution in [-0.4, -0.2) is 39.4 Å². The van der Waals surface area contributed by atoms with Crippen molar-refractivity contribution in [2.75, 3.05) is 23.3 Å². The van der Waals surface area contributed by atoms with Crippen molar-refractivity contribution in [2.45, 2.75) is 38.8 Å². The van der Waals surface area contributed by atoms with Gasteiger partial charge in [0.25, 0.3) is 5.89 Å². The maximum atomic E-state index is 14.0. The van der Waals surface area contributed by atoms with Gasteiger partial charge in [-0.05, 0) is 57.0 Å². The number of benzene rings is 1. The van der Waals surface area contributed by atoms with Gasteiger partial charge in [0.05, 0.1) is 12.1 Å². The molecule has 1 atom stereocenters. The highest BCUT2D eigenvalue weighted by Crippen LogP contribution is 2.32. The van der Waals surface area contributed by atoms with E-state index in [0.29, 0.717) is 30.4 Å². The number of halogens is 1. The number of aliphatic hydroxyl groups is 1. The molecule has 3 aromatic rings. The normalized spacial score (nSPS) is 16.1. The Balaban J connectivity index is 1.57. The van der Waals surface area contributed by atoms with Crippen LogP contribution in [0.5, 0.6) is 0 Å². The summed E-state index contributed by atoms with van der Waals surface area (Å²) >= 11 is 0. The molecule has 0 spiro atoms. The number of piperidine rings is 1. The van der Waals surface area contributed by atoms with E-state index in [-0.39, 0.29) is 18.0 Å². The van der Waals surface area contributed by atoms with Crippen molar-refractivity contribution in [1.82, 2.24) is 15.1 Å². The van der Waals surface area contributed by atoms with Crippen LogP contribution in [0.25, 0.3) is 11.5 Å². The van der Waals surface area contributed by atoms with Gasteiger partial charge < -0.3 is 19.8 Å². The van der Waals surface area contributed by atoms with Crippen LogP contribution < -0.4 is 10.2 Å². The van der Waals surface area contributed by atoms with E-state index in [0.717, 1.165) is 29.9 Å². The molecule has 29 heavy (non-hydrogen) atoms. The van der Waals surface area contributed by atoms with Crippen LogP contribution in [0.2, 0.25) is 0 Å². The van der Waals surface area contributed by atoms with Gasteiger partial charge in [0.15, 0.2) is 5.82 Å². The average molecular weight is 397 g/mol. The van der Waals surface area contributed by atoms with Crippen molar-refractivity contribution in [1.29, 1.82) is 0 Å². The molecule has 0 aliphatic carbocycles. The molecule has 3 heterocycles. The number of rotatable bonds is 5. The first-order chi connectivity index (χ1) is 14.0. The van der Waals surface area contributed by atoms with E-state index < -0.39 is 0 Å². The van der Waals surface area contributed by atoms with E-state index in [1.54, 1.807) is 25.3 Å². The monoisotopic (exact) mass is 397 g/mol. The molecule has 0 radical (unpaired) electrons. The summed E-state index contributed by atoms with van der Waals surface area (Å²) in [5, 5.41) is 17.0. The summed E-state index contributed by atoms with van der Waals surface area (Å²) < 4.78 is 19.3. The minimum Gasteiger partial charge on any atom is -0.393 e. The zero-order valence-corrected chi connectivity index (χ0v) is 16.5. The smallest absolute Gasteiger partial charge is 0.258 e. The fraction of sp³-hybridized carbons (Fsp3) is 0.381. The maximum Gasteiger partial charge on any atom is 0.258 e. The molecule has 4 rings (SSSR count). The second-order valence-electron chi connectivity index (χ2n) is 7.36. The highest BCUT2D eigenvalue weighted by atomic mass is 19.1. The molecule has 8 heteroatoms. The van der Waals surface area contributed by atoms with Crippen molar-refractivity contribution >= 4 is 11.5 Å². The summed E-state index contributed by atoms with van der Waals surface area (Å²) in [7, 11) is 0. The molecule has 1 aromatic carbocycles. The van der Waals surface area contributed by atoms with Crippen molar-refractivity contribution in [3.05, 3.63) is 53.7 Å². The van der Waals surface area contributed by atoms with Crippen LogP contribution in [0.15, 0.2) is 41.1 Å². The minimum atomic E-state index is -0.280. The van der Waals surface area contributed by atoms with Gasteiger partial charge in [0, 0.05) is 36.1 Å². The minimum absolute atomic E-state index is 0.181. The Labute approximate surface area is 168 Å². The SMILES string of the molecule is Cc1noc(-c2ccnc(NC(C)c3cc(F)ccc3N3CCC(O)CC3)c2)n1. The van der Waals surface area contributed by atoms with Gasteiger partial charge in [-0.15, -0.1) is 0 Å². The zero-order valence-electron chi connectivity index (χ0n) is 16.5. The Hall–Kier alpha value is -3.00. The number of aryl methyl sites for hydroxylation is 1. The van der Waals surface area contributed by atoms with E-state index in [1.165, 1.54) is 6.07 Å². The Bertz CT molecular complexity index is 985. The predicted octanol–water partition coefficient (Wildman–Crippen LogP) is 3.71. The molecule has 1 aliphatic rings. The molecule has 1 fully saturated rings. The van der Waals surface area contributed by atoms with Gasteiger partial charge in [-0.1, -0.05) is 5.16 Å². The summed E-state index contributed by atoms with van der Waals surface area (Å²) in [6.45, 7) is 5.23. The summed E-state index contributed by atoms with van der Waals surface area (Å²) in [5.41, 5.74) is 2.59. The Morgan fingerprint density at radius 1 is 1.24 bits per heavy atom. The summed E-state index contributed by atoms with van der Waals surface area (Å²) in [6.07, 6.45) is 2.84. The highest BCUT2D eigenvalue weighted by Gasteiger charge is 2.22. The summed E-state index contributed by atoms with van der Waals surface area (Å²) in [6, 6.07) is 8.30. The second-order valence-corrected chi connectivity index (χ2v) is 7.36. The number of hydrogen-bond acceptors (Lipinski definition) is 7. The van der Waals surface area contributed by atoms with Gasteiger partial charge in [-0.2, -0.15) is 4.98 Å². The number of aromatic nitrogens is 3. The van der Waals surface area contributed by atoms with Crippen LogP contribution in [0, 0.1) is 12.7 Å². The molecule has 0 amide bonds. The molecule has 2 N–H and O–H groups in total. The van der Waals surface area contributed by atoms with Crippen molar-refractivity contribution < 1.29 is 14.0 Å². The van der Waals surface area contributed by atoms with E-state index >= 15 is 0 Å². The van der Waals surface area contributed by atoms with Crippen molar-refractivity contribution in [3.8, 4) is 11.5 Å². The molecule has 7 nitrogen and oxygen atoms in total. The first-order valence-electron chi connectivity index (χ1n) is 9.75. The fourth-order valence-corrected chi connectivity index (χ4v) is 3.62. The van der Waals surface area contributed by atoms with Crippen LogP contribution in [0.1, 0.15) is 37.2 Å². The first-order valence-corrected chi connectivity index (χ1v) is 9.75. The number of nitrogens with one attached hydrogen (secondary N) is 1. The highest BCUT2D eigenvalue weighted by molar-refractivity contribution is 5.60. The molecular weight excluding hydrogens is 373 g/mol. The zero-order chi connectivity index (χ0) is 20.4. The molecule has 1 aliphatic heterocycles. The lowest BCUT2D eigenvalue weighted by Crippen LogP contribution is -2.36. The Morgan fingerprint density at radius 3 is 2.76 bits per heavy atom. The maximum absolute atomic E-state index is 14.0. The molecule has 152 valence electrons. The fourth-order valence-electron chi connectivity index (χ4n) is 3.62. The standard InChI is InChI=1S/C21H24FN5O2/c1-13(24-20-11-15(5-8-23-20)21-25-14(2)26-29-21)18-12-16(22)3-4-19(18)27-9-6-17(28)7-10-27/h3-5,8,11-13,17,28H,6-7,9-10H2,1-2H3,(H,23,24). The second kappa shape index (κ2) is 8.16. The van der Waals surface area contributed by atoms with Gasteiger partial charge in [-0.25, -0.2) is 9.37 Å². The van der Waals surface area contributed by atoms with E-state index in [2.05, 4.69) is 25.3 Å². The third kappa shape index (κ3) is 4.37. The number of pyridine rings is 1. The van der Waals surface area contributed by atoms with Gasteiger partial charge in [0.1, 0.15) is 11.6 Å². The molecule has 0 bridgehead atoms. The van der Waals surface area contributed by atoms with Crippen LogP contribution in [0.4, 0.5) is 15.9 Å². The van der Waals surface area contributed by atoms with Gasteiger partial charge in [0.2, 0.25) is 0 Å². The summed E-state index contributed by atoms with van der Waals surface area (Å²) in [5.74, 6) is 1.35. The number of anilines is 2. The predicted molar refractivity (Wildman–Crippen MR) is 108 cm³/mol. The third-order valence-corrected chi connectivity index (χ3v) is 5.16. The van der Waals surface area contributed by atoms with Gasteiger partial charge in [-0.3, -0.25) is 0 Å². The lowest BCUT2D eigenvalue weighted by molar-refractivity contribution is 0.145. The average Bonchev–Trinajstić information content (AvgIpc) is 3.15. The number of nitrogens with zero attached hydrogens (tertiary/aromatic N) is 4. The lowest BCUT2D eigenvalue weighted by atomic mass is 10.0. The Kier molecular flexibility index (Phi) is 5.44. The van der Waals surface area contributed by atoms with E-state index in [4.69, 9.17) is 4.52 Å². The largest absolute Gasteiger partial charge is 0.393 e. The quantitative estimate of drug-likeness (QED) is 0.678. The van der Waals surface area contributed by atoms with Crippen LogP contribution in [-0.2, 0) is 0 Å². The Morgan fingerprint density at radius 2 is 2.03 bits per heavy atom. The summed E-state index contributed by atoms with van der Waals surface area (Å²) in [4.78, 5) is 10.8. The van der Waals surface area contributed by atoms with Crippen LogP contribution >= 0.6 is 0 Å². The van der Waals surface area contributed by atoms with E-state index in [9.17, 15) is 9.50 Å². The molecular formula is C21H24FN5O2. The third-order valence-electron chi connectivity index (χ3n) is 5.16. The first kappa shape index (κ1) is 19.3. The molecule has 2 aromatic heterocycles. The van der Waals surface area contributed by atoms with Crippen LogP contribution in [0.3, 0.4) is 0 Å². The molecule has 0 saturated carbocycles. The number of hydrogen-bond donors (Lipinski definition) is 2. The molecule has 1 saturated heterocycles.